The Bertz CT molecular complexity index is 1150. The molecule has 0 unspecified atom stereocenters. The lowest BCUT2D eigenvalue weighted by Crippen LogP contribution is -2.37. The lowest BCUT2D eigenvalue weighted by molar-refractivity contribution is -0.118. The summed E-state index contributed by atoms with van der Waals surface area (Å²) in [5.41, 5.74) is 3.60. The lowest BCUT2D eigenvalue weighted by Gasteiger charge is -2.12. The number of rotatable bonds is 6. The Morgan fingerprint density at radius 2 is 1.86 bits per heavy atom. The highest BCUT2D eigenvalue weighted by Gasteiger charge is 2.14. The van der Waals surface area contributed by atoms with Crippen LogP contribution in [-0.4, -0.2) is 31.1 Å². The van der Waals surface area contributed by atoms with E-state index >= 15 is 0 Å². The minimum Gasteiger partial charge on any atom is -0.356 e. The van der Waals surface area contributed by atoms with Gasteiger partial charge in [-0.1, -0.05) is 23.8 Å². The molecule has 0 radical (unpaired) electrons. The van der Waals surface area contributed by atoms with Crippen molar-refractivity contribution < 1.29 is 4.79 Å². The molecule has 3 aromatic rings. The van der Waals surface area contributed by atoms with Crippen LogP contribution >= 0.6 is 0 Å². The summed E-state index contributed by atoms with van der Waals surface area (Å²) in [7, 11) is 3.09. The quantitative estimate of drug-likeness (QED) is 0.677. The molecule has 0 fully saturated rings. The van der Waals surface area contributed by atoms with Crippen LogP contribution in [0.3, 0.4) is 0 Å². The molecule has 0 atom stereocenters. The first-order valence-corrected chi connectivity index (χ1v) is 9.23. The van der Waals surface area contributed by atoms with Crippen molar-refractivity contribution in [1.29, 1.82) is 0 Å². The summed E-state index contributed by atoms with van der Waals surface area (Å²) in [6.07, 6.45) is 3.07. The molecule has 3 rings (SSSR count). The van der Waals surface area contributed by atoms with Crippen LogP contribution in [-0.2, 0) is 38.3 Å². The predicted molar refractivity (Wildman–Crippen MR) is 107 cm³/mol. The van der Waals surface area contributed by atoms with Crippen molar-refractivity contribution in [3.05, 3.63) is 62.1 Å². The van der Waals surface area contributed by atoms with Gasteiger partial charge in [-0.05, 0) is 30.9 Å². The number of carbonyl (C=O) groups excluding carboxylic acids is 1. The summed E-state index contributed by atoms with van der Waals surface area (Å²) in [4.78, 5) is 40.0. The monoisotopic (exact) mass is 383 g/mol. The molecule has 148 valence electrons. The fourth-order valence-corrected chi connectivity index (χ4v) is 3.41. The Balaban J connectivity index is 1.89. The van der Waals surface area contributed by atoms with E-state index in [0.717, 1.165) is 16.6 Å². The Morgan fingerprint density at radius 1 is 1.11 bits per heavy atom. The van der Waals surface area contributed by atoms with Crippen molar-refractivity contribution >= 4 is 17.1 Å². The smallest absolute Gasteiger partial charge is 0.332 e. The van der Waals surface area contributed by atoms with Gasteiger partial charge < -0.3 is 9.88 Å². The first-order chi connectivity index (χ1) is 13.3. The van der Waals surface area contributed by atoms with Gasteiger partial charge in [-0.3, -0.25) is 18.7 Å². The van der Waals surface area contributed by atoms with E-state index in [1.54, 1.807) is 17.9 Å². The predicted octanol–water partition coefficient (Wildman–Crippen LogP) is 0.663. The standard InChI is InChI=1S/C20H25N5O3/c1-13-5-6-15(7-9-21-14(2)26)16(11-13)8-10-25-12-22-18-17(25)19(27)24(4)20(28)23(18)3/h5-6,11-12H,7-10H2,1-4H3,(H,21,26). The number of fused-ring (bicyclic) bond motifs is 1. The number of benzene rings is 1. The van der Waals surface area contributed by atoms with Crippen LogP contribution in [0.1, 0.15) is 23.6 Å². The molecule has 2 heterocycles. The van der Waals surface area contributed by atoms with Crippen LogP contribution in [0.4, 0.5) is 0 Å². The van der Waals surface area contributed by atoms with E-state index in [0.29, 0.717) is 30.7 Å². The summed E-state index contributed by atoms with van der Waals surface area (Å²) < 4.78 is 4.29. The van der Waals surface area contributed by atoms with Gasteiger partial charge in [0.05, 0.1) is 6.33 Å². The van der Waals surface area contributed by atoms with Gasteiger partial charge in [0.15, 0.2) is 11.2 Å². The van der Waals surface area contributed by atoms with Gasteiger partial charge in [0.1, 0.15) is 0 Å². The normalized spacial score (nSPS) is 11.1. The highest BCUT2D eigenvalue weighted by Crippen LogP contribution is 2.15. The highest BCUT2D eigenvalue weighted by molar-refractivity contribution is 5.72. The highest BCUT2D eigenvalue weighted by atomic mass is 16.2. The third kappa shape index (κ3) is 3.76. The number of imidazole rings is 1. The minimum absolute atomic E-state index is 0.0417. The first kappa shape index (κ1) is 19.6. The van der Waals surface area contributed by atoms with Crippen molar-refractivity contribution in [3.8, 4) is 0 Å². The van der Waals surface area contributed by atoms with Crippen LogP contribution in [0.15, 0.2) is 34.1 Å². The third-order valence-corrected chi connectivity index (χ3v) is 4.97. The molecule has 28 heavy (non-hydrogen) atoms. The van der Waals surface area contributed by atoms with Gasteiger partial charge in [-0.25, -0.2) is 9.78 Å². The van der Waals surface area contributed by atoms with Gasteiger partial charge >= 0.3 is 5.69 Å². The summed E-state index contributed by atoms with van der Waals surface area (Å²) >= 11 is 0. The number of hydrogen-bond donors (Lipinski definition) is 1. The second-order valence-corrected chi connectivity index (χ2v) is 7.07. The average Bonchev–Trinajstić information content (AvgIpc) is 3.08. The number of aromatic nitrogens is 4. The Hall–Kier alpha value is -3.16. The maximum atomic E-state index is 12.6. The Labute approximate surface area is 162 Å². The molecule has 0 saturated heterocycles. The molecule has 0 spiro atoms. The molecule has 1 amide bonds. The van der Waals surface area contributed by atoms with E-state index in [9.17, 15) is 14.4 Å². The van der Waals surface area contributed by atoms with Gasteiger partial charge in [-0.2, -0.15) is 0 Å². The van der Waals surface area contributed by atoms with Crippen molar-refractivity contribution in [2.24, 2.45) is 14.1 Å². The molecule has 0 saturated carbocycles. The molecular formula is C20H25N5O3. The molecule has 8 heteroatoms. The summed E-state index contributed by atoms with van der Waals surface area (Å²) in [5.74, 6) is -0.0417. The maximum Gasteiger partial charge on any atom is 0.332 e. The largest absolute Gasteiger partial charge is 0.356 e. The van der Waals surface area contributed by atoms with Crippen LogP contribution in [0.5, 0.6) is 0 Å². The minimum atomic E-state index is -0.387. The molecule has 0 aliphatic carbocycles. The second-order valence-electron chi connectivity index (χ2n) is 7.07. The van der Waals surface area contributed by atoms with Gasteiger partial charge in [0.25, 0.3) is 5.56 Å². The van der Waals surface area contributed by atoms with E-state index < -0.39 is 0 Å². The number of amides is 1. The lowest BCUT2D eigenvalue weighted by atomic mass is 9.99. The summed E-state index contributed by atoms with van der Waals surface area (Å²) in [5, 5.41) is 2.82. The number of nitrogens with one attached hydrogen (secondary N) is 1. The third-order valence-electron chi connectivity index (χ3n) is 4.97. The Kier molecular flexibility index (Phi) is 5.48. The summed E-state index contributed by atoms with van der Waals surface area (Å²) in [6, 6.07) is 6.28. The van der Waals surface area contributed by atoms with Crippen molar-refractivity contribution in [2.45, 2.75) is 33.2 Å². The van der Waals surface area contributed by atoms with E-state index in [4.69, 9.17) is 0 Å². The second kappa shape index (κ2) is 7.84. The molecule has 0 aliphatic rings. The van der Waals surface area contributed by atoms with E-state index in [1.165, 1.54) is 29.7 Å². The maximum absolute atomic E-state index is 12.6. The van der Waals surface area contributed by atoms with Crippen LogP contribution in [0.25, 0.3) is 11.2 Å². The molecular weight excluding hydrogens is 358 g/mol. The van der Waals surface area contributed by atoms with Gasteiger partial charge in [0, 0.05) is 34.1 Å². The molecule has 0 bridgehead atoms. The van der Waals surface area contributed by atoms with Crippen molar-refractivity contribution in [3.63, 3.8) is 0 Å². The number of aryl methyl sites for hydroxylation is 4. The zero-order valence-electron chi connectivity index (χ0n) is 16.7. The van der Waals surface area contributed by atoms with Crippen molar-refractivity contribution in [2.75, 3.05) is 6.54 Å². The van der Waals surface area contributed by atoms with Crippen LogP contribution in [0, 0.1) is 6.92 Å². The van der Waals surface area contributed by atoms with E-state index in [1.807, 2.05) is 6.92 Å². The zero-order chi connectivity index (χ0) is 20.4. The fraction of sp³-hybridized carbons (Fsp3) is 0.400. The van der Waals surface area contributed by atoms with Crippen LogP contribution in [0.2, 0.25) is 0 Å². The fourth-order valence-electron chi connectivity index (χ4n) is 3.41. The SMILES string of the molecule is CC(=O)NCCc1ccc(C)cc1CCn1cnc2c1c(=O)n(C)c(=O)n2C. The van der Waals surface area contributed by atoms with E-state index in [-0.39, 0.29) is 17.2 Å². The number of nitrogens with zero attached hydrogens (tertiary/aromatic N) is 4. The molecule has 1 aromatic carbocycles. The first-order valence-electron chi connectivity index (χ1n) is 9.23. The van der Waals surface area contributed by atoms with Gasteiger partial charge in [-0.15, -0.1) is 0 Å². The van der Waals surface area contributed by atoms with Crippen LogP contribution < -0.4 is 16.6 Å². The molecule has 8 nitrogen and oxygen atoms in total. The number of carbonyl (C=O) groups is 1. The molecule has 0 aliphatic heterocycles. The summed E-state index contributed by atoms with van der Waals surface area (Å²) in [6.45, 7) is 4.70. The topological polar surface area (TPSA) is 90.9 Å². The van der Waals surface area contributed by atoms with Gasteiger partial charge in [0.2, 0.25) is 5.91 Å². The Morgan fingerprint density at radius 3 is 2.57 bits per heavy atom. The number of hydrogen-bond acceptors (Lipinski definition) is 4. The average molecular weight is 383 g/mol. The molecule has 1 N–H and O–H groups in total. The zero-order valence-corrected chi connectivity index (χ0v) is 16.7. The molecule has 2 aromatic heterocycles. The van der Waals surface area contributed by atoms with Crippen molar-refractivity contribution in [1.82, 2.24) is 24.0 Å². The van der Waals surface area contributed by atoms with E-state index in [2.05, 4.69) is 28.5 Å².